The van der Waals surface area contributed by atoms with E-state index in [2.05, 4.69) is 40.4 Å². The second kappa shape index (κ2) is 9.53. The van der Waals surface area contributed by atoms with Gasteiger partial charge in [0.25, 0.3) is 0 Å². The maximum absolute atomic E-state index is 12.2. The number of carbonyl (C=O) groups is 1. The Morgan fingerprint density at radius 3 is 2.65 bits per heavy atom. The highest BCUT2D eigenvalue weighted by Crippen LogP contribution is 2.19. The molecular weight excluding hydrogens is 324 g/mol. The summed E-state index contributed by atoms with van der Waals surface area (Å²) in [6.45, 7) is 5.70. The molecular formula is C21H30N4O. The van der Waals surface area contributed by atoms with Crippen LogP contribution >= 0.6 is 0 Å². The molecule has 1 N–H and O–H groups in total. The third-order valence-corrected chi connectivity index (χ3v) is 5.09. The van der Waals surface area contributed by atoms with Crippen LogP contribution in [0.1, 0.15) is 39.0 Å². The average molecular weight is 354 g/mol. The third kappa shape index (κ3) is 5.18. The van der Waals surface area contributed by atoms with Crippen molar-refractivity contribution in [3.63, 3.8) is 0 Å². The first kappa shape index (κ1) is 18.6. The van der Waals surface area contributed by atoms with E-state index in [4.69, 9.17) is 0 Å². The summed E-state index contributed by atoms with van der Waals surface area (Å²) in [4.78, 5) is 14.6. The van der Waals surface area contributed by atoms with Crippen LogP contribution in [0.5, 0.6) is 0 Å². The van der Waals surface area contributed by atoms with Gasteiger partial charge in [-0.15, -0.1) is 0 Å². The molecule has 1 aliphatic rings. The highest BCUT2D eigenvalue weighted by Gasteiger charge is 2.24. The summed E-state index contributed by atoms with van der Waals surface area (Å²) < 4.78 is 1.99. The average Bonchev–Trinajstić information content (AvgIpc) is 3.15. The molecule has 0 atom stereocenters. The topological polar surface area (TPSA) is 50.2 Å². The number of aromatic nitrogens is 2. The van der Waals surface area contributed by atoms with Crippen molar-refractivity contribution in [2.75, 3.05) is 19.6 Å². The number of rotatable bonds is 8. The Balaban J connectivity index is 1.43. The fourth-order valence-electron chi connectivity index (χ4n) is 3.48. The minimum atomic E-state index is 0.172. The van der Waals surface area contributed by atoms with E-state index in [1.165, 1.54) is 12.8 Å². The molecule has 1 fully saturated rings. The van der Waals surface area contributed by atoms with E-state index in [9.17, 15) is 4.79 Å². The van der Waals surface area contributed by atoms with Gasteiger partial charge in [-0.25, -0.2) is 0 Å². The number of likely N-dealkylation sites (tertiary alicyclic amines) is 1. The number of hydrogen-bond donors (Lipinski definition) is 1. The van der Waals surface area contributed by atoms with Crippen LogP contribution in [0.4, 0.5) is 0 Å². The van der Waals surface area contributed by atoms with Gasteiger partial charge in [0.1, 0.15) is 0 Å². The van der Waals surface area contributed by atoms with Gasteiger partial charge in [-0.05, 0) is 25.3 Å². The molecule has 2 aromatic rings. The largest absolute Gasteiger partial charge is 0.356 e. The Hall–Kier alpha value is -2.14. The smallest absolute Gasteiger partial charge is 0.223 e. The van der Waals surface area contributed by atoms with Gasteiger partial charge in [0, 0.05) is 37.3 Å². The fourth-order valence-corrected chi connectivity index (χ4v) is 3.48. The van der Waals surface area contributed by atoms with Crippen molar-refractivity contribution < 1.29 is 4.79 Å². The van der Waals surface area contributed by atoms with Crippen LogP contribution in [0.25, 0.3) is 11.3 Å². The first-order valence-electron chi connectivity index (χ1n) is 9.85. The highest BCUT2D eigenvalue weighted by molar-refractivity contribution is 5.78. The highest BCUT2D eigenvalue weighted by atomic mass is 16.1. The number of unbranched alkanes of at least 4 members (excludes halogenated alkanes) is 2. The zero-order chi connectivity index (χ0) is 18.2. The molecule has 26 heavy (non-hydrogen) atoms. The Labute approximate surface area is 156 Å². The number of piperidine rings is 1. The Kier molecular flexibility index (Phi) is 6.83. The summed E-state index contributed by atoms with van der Waals surface area (Å²) in [5.74, 6) is 0.414. The van der Waals surface area contributed by atoms with Gasteiger partial charge in [-0.1, -0.05) is 50.1 Å². The van der Waals surface area contributed by atoms with E-state index in [1.807, 2.05) is 29.1 Å². The van der Waals surface area contributed by atoms with E-state index in [-0.39, 0.29) is 11.8 Å². The molecule has 0 radical (unpaired) electrons. The van der Waals surface area contributed by atoms with E-state index in [0.717, 1.165) is 56.8 Å². The van der Waals surface area contributed by atoms with E-state index in [1.54, 1.807) is 0 Å². The molecule has 5 nitrogen and oxygen atoms in total. The summed E-state index contributed by atoms with van der Waals surface area (Å²) >= 11 is 0. The fraction of sp³-hybridized carbons (Fsp3) is 0.524. The van der Waals surface area contributed by atoms with Gasteiger partial charge >= 0.3 is 0 Å². The van der Waals surface area contributed by atoms with Crippen LogP contribution in [0, 0.1) is 5.92 Å². The predicted molar refractivity (Wildman–Crippen MR) is 104 cm³/mol. The maximum Gasteiger partial charge on any atom is 0.223 e. The Bertz CT molecular complexity index is 674. The first-order chi connectivity index (χ1) is 12.8. The molecule has 1 amide bonds. The number of benzene rings is 1. The van der Waals surface area contributed by atoms with Crippen LogP contribution in [-0.4, -0.2) is 40.2 Å². The molecule has 1 aromatic heterocycles. The second-order valence-electron chi connectivity index (χ2n) is 7.14. The van der Waals surface area contributed by atoms with Crippen molar-refractivity contribution in [2.45, 2.75) is 45.7 Å². The molecule has 1 aliphatic heterocycles. The second-order valence-corrected chi connectivity index (χ2v) is 7.14. The lowest BCUT2D eigenvalue weighted by molar-refractivity contribution is -0.126. The molecule has 1 saturated heterocycles. The molecule has 0 aliphatic carbocycles. The number of amides is 1. The van der Waals surface area contributed by atoms with Gasteiger partial charge in [0.2, 0.25) is 5.91 Å². The zero-order valence-electron chi connectivity index (χ0n) is 15.7. The van der Waals surface area contributed by atoms with Crippen molar-refractivity contribution in [1.29, 1.82) is 0 Å². The Morgan fingerprint density at radius 2 is 1.92 bits per heavy atom. The van der Waals surface area contributed by atoms with Crippen LogP contribution in [0.15, 0.2) is 42.6 Å². The van der Waals surface area contributed by atoms with Crippen molar-refractivity contribution in [1.82, 2.24) is 20.0 Å². The van der Waals surface area contributed by atoms with E-state index in [0.29, 0.717) is 0 Å². The number of carbonyl (C=O) groups excluding carboxylic acids is 1. The Morgan fingerprint density at radius 1 is 1.15 bits per heavy atom. The van der Waals surface area contributed by atoms with Crippen LogP contribution < -0.4 is 5.32 Å². The summed E-state index contributed by atoms with van der Waals surface area (Å²) in [5, 5.41) is 7.78. The van der Waals surface area contributed by atoms with Crippen LogP contribution in [0.2, 0.25) is 0 Å². The number of nitrogens with zero attached hydrogens (tertiary/aromatic N) is 3. The van der Waals surface area contributed by atoms with Crippen molar-refractivity contribution in [2.24, 2.45) is 5.92 Å². The quantitative estimate of drug-likeness (QED) is 0.738. The number of nitrogens with one attached hydrogen (secondary N) is 1. The van der Waals surface area contributed by atoms with Gasteiger partial charge < -0.3 is 5.32 Å². The monoisotopic (exact) mass is 354 g/mol. The van der Waals surface area contributed by atoms with Crippen molar-refractivity contribution in [3.8, 4) is 11.3 Å². The van der Waals surface area contributed by atoms with Crippen LogP contribution in [0.3, 0.4) is 0 Å². The molecule has 3 rings (SSSR count). The summed E-state index contributed by atoms with van der Waals surface area (Å²) in [5.41, 5.74) is 2.15. The molecule has 140 valence electrons. The molecule has 0 unspecified atom stereocenters. The van der Waals surface area contributed by atoms with Gasteiger partial charge in [-0.3, -0.25) is 14.4 Å². The third-order valence-electron chi connectivity index (χ3n) is 5.09. The maximum atomic E-state index is 12.2. The van der Waals surface area contributed by atoms with Gasteiger partial charge in [0.15, 0.2) is 0 Å². The normalized spacial score (nSPS) is 15.9. The van der Waals surface area contributed by atoms with Crippen molar-refractivity contribution in [3.05, 3.63) is 42.6 Å². The molecule has 2 heterocycles. The minimum absolute atomic E-state index is 0.172. The first-order valence-corrected chi connectivity index (χ1v) is 9.85. The van der Waals surface area contributed by atoms with Gasteiger partial charge in [-0.2, -0.15) is 5.10 Å². The number of hydrogen-bond acceptors (Lipinski definition) is 3. The standard InChI is InChI=1S/C21H30N4O/c1-2-3-7-13-22-21(26)19-10-14-24(15-11-19)17-25-16-12-20(23-25)18-8-5-4-6-9-18/h4-6,8-9,12,16,19H,2-3,7,10-11,13-15,17H2,1H3,(H,22,26). The molecule has 0 saturated carbocycles. The SMILES string of the molecule is CCCCCNC(=O)C1CCN(Cn2ccc(-c3ccccc3)n2)CC1. The lowest BCUT2D eigenvalue weighted by Crippen LogP contribution is -2.41. The zero-order valence-corrected chi connectivity index (χ0v) is 15.7. The summed E-state index contributed by atoms with van der Waals surface area (Å²) in [7, 11) is 0. The molecule has 5 heteroatoms. The molecule has 0 bridgehead atoms. The predicted octanol–water partition coefficient (Wildman–Crippen LogP) is 3.53. The van der Waals surface area contributed by atoms with E-state index < -0.39 is 0 Å². The van der Waals surface area contributed by atoms with Crippen LogP contribution in [-0.2, 0) is 11.5 Å². The molecule has 1 aromatic carbocycles. The van der Waals surface area contributed by atoms with Crippen molar-refractivity contribution >= 4 is 5.91 Å². The molecule has 0 spiro atoms. The minimum Gasteiger partial charge on any atom is -0.356 e. The summed E-state index contributed by atoms with van der Waals surface area (Å²) in [6, 6.07) is 12.3. The van der Waals surface area contributed by atoms with Gasteiger partial charge in [0.05, 0.1) is 12.4 Å². The van der Waals surface area contributed by atoms with E-state index >= 15 is 0 Å². The summed E-state index contributed by atoms with van der Waals surface area (Å²) in [6.07, 6.45) is 7.37. The lowest BCUT2D eigenvalue weighted by Gasteiger charge is -2.31. The lowest BCUT2D eigenvalue weighted by atomic mass is 9.96.